The molecular weight excluding hydrogens is 444 g/mol. The highest BCUT2D eigenvalue weighted by Gasteiger charge is 2.38. The van der Waals surface area contributed by atoms with Crippen molar-refractivity contribution in [2.45, 2.75) is 45.1 Å². The first-order valence-corrected chi connectivity index (χ1v) is 12.4. The topological polar surface area (TPSA) is 67.2 Å². The Bertz CT molecular complexity index is 1160. The zero-order valence-electron chi connectivity index (χ0n) is 18.1. The average molecular weight is 471 g/mol. The normalized spacial score (nSPS) is 21.8. The molecule has 4 heterocycles. The number of thiocarbonyl (C=S) groups is 1. The number of nitrogens with zero attached hydrogens (tertiary/aromatic N) is 4. The molecule has 1 saturated carbocycles. The molecule has 5 rings (SSSR count). The van der Waals surface area contributed by atoms with Crippen molar-refractivity contribution in [2.24, 2.45) is 0 Å². The van der Waals surface area contributed by atoms with Crippen molar-refractivity contribution in [3.63, 3.8) is 0 Å². The molecule has 0 N–H and O–H groups in total. The van der Waals surface area contributed by atoms with Crippen molar-refractivity contribution in [3.05, 3.63) is 44.7 Å². The van der Waals surface area contributed by atoms with Gasteiger partial charge in [0.1, 0.15) is 15.8 Å². The number of carbonyl (C=O) groups excluding carboxylic acids is 1. The molecule has 0 bridgehead atoms. The number of fused-ring (bicyclic) bond motifs is 1. The first-order valence-electron chi connectivity index (χ1n) is 11.2. The number of anilines is 1. The van der Waals surface area contributed by atoms with Crippen molar-refractivity contribution >= 4 is 51.7 Å². The summed E-state index contributed by atoms with van der Waals surface area (Å²) in [5.74, 6) is 0.513. The van der Waals surface area contributed by atoms with Crippen LogP contribution in [0.25, 0.3) is 11.7 Å². The molecule has 0 spiro atoms. The van der Waals surface area contributed by atoms with Gasteiger partial charge in [0.15, 0.2) is 0 Å². The summed E-state index contributed by atoms with van der Waals surface area (Å²) in [6, 6.07) is 3.96. The lowest BCUT2D eigenvalue weighted by molar-refractivity contribution is -0.124. The first-order chi connectivity index (χ1) is 15.5. The SMILES string of the molecule is Cc1ccc2nc(N3CCOCC3)c(/C=C3/SC(=S)N(C4CCCCC4)C3=O)c(=O)n2c1. The van der Waals surface area contributed by atoms with Gasteiger partial charge >= 0.3 is 0 Å². The van der Waals surface area contributed by atoms with E-state index in [1.54, 1.807) is 21.6 Å². The second-order valence-electron chi connectivity index (χ2n) is 8.53. The lowest BCUT2D eigenvalue weighted by atomic mass is 9.94. The maximum atomic E-state index is 13.6. The number of hydrogen-bond acceptors (Lipinski definition) is 7. The van der Waals surface area contributed by atoms with Gasteiger partial charge in [-0.2, -0.15) is 0 Å². The van der Waals surface area contributed by atoms with Crippen LogP contribution in [0.4, 0.5) is 5.82 Å². The van der Waals surface area contributed by atoms with Crippen molar-refractivity contribution in [1.82, 2.24) is 14.3 Å². The summed E-state index contributed by atoms with van der Waals surface area (Å²) >= 11 is 6.87. The molecule has 9 heteroatoms. The second-order valence-corrected chi connectivity index (χ2v) is 10.2. The number of rotatable bonds is 3. The molecule has 0 aromatic carbocycles. The molecular formula is C23H26N4O3S2. The third kappa shape index (κ3) is 3.97. The van der Waals surface area contributed by atoms with Gasteiger partial charge in [-0.15, -0.1) is 0 Å². The number of morpholine rings is 1. The van der Waals surface area contributed by atoms with Gasteiger partial charge in [0.2, 0.25) is 0 Å². The summed E-state index contributed by atoms with van der Waals surface area (Å²) in [6.45, 7) is 4.41. The van der Waals surface area contributed by atoms with Gasteiger partial charge in [0.25, 0.3) is 11.5 Å². The molecule has 1 amide bonds. The Balaban J connectivity index is 1.60. The molecule has 2 aliphatic heterocycles. The monoisotopic (exact) mass is 470 g/mol. The summed E-state index contributed by atoms with van der Waals surface area (Å²) in [7, 11) is 0. The largest absolute Gasteiger partial charge is 0.378 e. The molecule has 0 unspecified atom stereocenters. The molecule has 32 heavy (non-hydrogen) atoms. The number of hydrogen-bond donors (Lipinski definition) is 0. The van der Waals surface area contributed by atoms with Gasteiger partial charge in [-0.1, -0.05) is 49.3 Å². The van der Waals surface area contributed by atoms with E-state index in [0.29, 0.717) is 52.6 Å². The van der Waals surface area contributed by atoms with Gasteiger partial charge in [-0.3, -0.25) is 18.9 Å². The summed E-state index contributed by atoms with van der Waals surface area (Å²) in [5.41, 5.74) is 1.81. The quantitative estimate of drug-likeness (QED) is 0.503. The van der Waals surface area contributed by atoms with E-state index < -0.39 is 0 Å². The number of carbonyl (C=O) groups is 1. The minimum atomic E-state index is -0.178. The predicted octanol–water partition coefficient (Wildman–Crippen LogP) is 3.37. The average Bonchev–Trinajstić information content (AvgIpc) is 3.09. The van der Waals surface area contributed by atoms with E-state index >= 15 is 0 Å². The van der Waals surface area contributed by atoms with Gasteiger partial charge in [0, 0.05) is 25.3 Å². The van der Waals surface area contributed by atoms with Crippen LogP contribution in [0, 0.1) is 6.92 Å². The van der Waals surface area contributed by atoms with Crippen LogP contribution in [0.5, 0.6) is 0 Å². The summed E-state index contributed by atoms with van der Waals surface area (Å²) in [4.78, 5) is 36.0. The predicted molar refractivity (Wildman–Crippen MR) is 131 cm³/mol. The van der Waals surface area contributed by atoms with Gasteiger partial charge in [0.05, 0.1) is 23.7 Å². The fourth-order valence-electron chi connectivity index (χ4n) is 4.65. The summed E-state index contributed by atoms with van der Waals surface area (Å²) in [6.07, 6.45) is 8.92. The third-order valence-electron chi connectivity index (χ3n) is 6.33. The van der Waals surface area contributed by atoms with Gasteiger partial charge < -0.3 is 9.64 Å². The van der Waals surface area contributed by atoms with E-state index in [0.717, 1.165) is 31.2 Å². The van der Waals surface area contributed by atoms with Crippen molar-refractivity contribution in [3.8, 4) is 0 Å². The Morgan fingerprint density at radius 1 is 1.16 bits per heavy atom. The van der Waals surface area contributed by atoms with Crippen molar-refractivity contribution in [1.29, 1.82) is 0 Å². The molecule has 3 fully saturated rings. The summed E-state index contributed by atoms with van der Waals surface area (Å²) in [5, 5.41) is 0. The van der Waals surface area contributed by atoms with Crippen LogP contribution < -0.4 is 10.5 Å². The molecule has 168 valence electrons. The zero-order chi connectivity index (χ0) is 22.2. The minimum absolute atomic E-state index is 0.0893. The van der Waals surface area contributed by atoms with Crippen LogP contribution in [0.2, 0.25) is 0 Å². The molecule has 0 radical (unpaired) electrons. The molecule has 2 saturated heterocycles. The standard InChI is InChI=1S/C23H26N4O3S2/c1-15-7-8-19-24-20(25-9-11-30-12-10-25)17(21(28)26(19)14-15)13-18-22(29)27(23(31)32-18)16-5-3-2-4-6-16/h7-8,13-14,16H,2-6,9-12H2,1H3/b18-13+. The Morgan fingerprint density at radius 3 is 2.66 bits per heavy atom. The second kappa shape index (κ2) is 8.96. The minimum Gasteiger partial charge on any atom is -0.378 e. The molecule has 3 aliphatic rings. The van der Waals surface area contributed by atoms with Crippen LogP contribution in [0.3, 0.4) is 0 Å². The number of aryl methyl sites for hydroxylation is 1. The van der Waals surface area contributed by atoms with Crippen LogP contribution in [0.1, 0.15) is 43.2 Å². The Morgan fingerprint density at radius 2 is 1.91 bits per heavy atom. The number of pyridine rings is 1. The first kappa shape index (κ1) is 21.6. The zero-order valence-corrected chi connectivity index (χ0v) is 19.7. The lowest BCUT2D eigenvalue weighted by Gasteiger charge is -2.30. The van der Waals surface area contributed by atoms with E-state index in [9.17, 15) is 9.59 Å². The van der Waals surface area contributed by atoms with E-state index in [4.69, 9.17) is 21.9 Å². The Labute approximate surface area is 196 Å². The highest BCUT2D eigenvalue weighted by atomic mass is 32.2. The lowest BCUT2D eigenvalue weighted by Crippen LogP contribution is -2.40. The molecule has 7 nitrogen and oxygen atoms in total. The fourth-order valence-corrected chi connectivity index (χ4v) is 6.04. The van der Waals surface area contributed by atoms with E-state index in [2.05, 4.69) is 4.90 Å². The van der Waals surface area contributed by atoms with Crippen LogP contribution in [-0.4, -0.2) is 56.9 Å². The summed E-state index contributed by atoms with van der Waals surface area (Å²) < 4.78 is 7.64. The highest BCUT2D eigenvalue weighted by molar-refractivity contribution is 8.26. The number of ether oxygens (including phenoxy) is 1. The van der Waals surface area contributed by atoms with Crippen LogP contribution in [-0.2, 0) is 9.53 Å². The van der Waals surface area contributed by atoms with Crippen molar-refractivity contribution in [2.75, 3.05) is 31.2 Å². The number of aromatic nitrogens is 2. The maximum absolute atomic E-state index is 13.6. The molecule has 2 aromatic rings. The smallest absolute Gasteiger partial charge is 0.267 e. The number of thioether (sulfide) groups is 1. The molecule has 0 atom stereocenters. The van der Waals surface area contributed by atoms with E-state index in [1.807, 2.05) is 19.1 Å². The highest BCUT2D eigenvalue weighted by Crippen LogP contribution is 2.37. The van der Waals surface area contributed by atoms with Crippen LogP contribution in [0.15, 0.2) is 28.0 Å². The van der Waals surface area contributed by atoms with Crippen LogP contribution >= 0.6 is 24.0 Å². The fraction of sp³-hybridized carbons (Fsp3) is 0.478. The molecule has 2 aromatic heterocycles. The van der Waals surface area contributed by atoms with Gasteiger partial charge in [-0.25, -0.2) is 4.98 Å². The maximum Gasteiger partial charge on any atom is 0.267 e. The number of amides is 1. The van der Waals surface area contributed by atoms with E-state index in [-0.39, 0.29) is 17.5 Å². The Kier molecular flexibility index (Phi) is 6.05. The molecule has 1 aliphatic carbocycles. The Hall–Kier alpha value is -2.23. The van der Waals surface area contributed by atoms with Crippen molar-refractivity contribution < 1.29 is 9.53 Å². The van der Waals surface area contributed by atoms with E-state index in [1.165, 1.54) is 18.2 Å². The van der Waals surface area contributed by atoms with Gasteiger partial charge in [-0.05, 0) is 37.5 Å². The third-order valence-corrected chi connectivity index (χ3v) is 7.67.